The van der Waals surface area contributed by atoms with Crippen molar-refractivity contribution >= 4 is 5.91 Å². The molecular weight excluding hydrogens is 242 g/mol. The Morgan fingerprint density at radius 3 is 3.00 bits per heavy atom. The first kappa shape index (κ1) is 13.8. The van der Waals surface area contributed by atoms with Crippen molar-refractivity contribution in [3.05, 3.63) is 23.5 Å². The standard InChI is InChI=1S/C14H21N3O2/c1-10-4-5-17(8-10)9-11-7-16-12(14(18)15-2)6-13(11)19-3/h6-7,10H,4-5,8-9H2,1-3H3,(H,15,18). The van der Waals surface area contributed by atoms with Crippen molar-refractivity contribution in [2.45, 2.75) is 19.9 Å². The monoisotopic (exact) mass is 263 g/mol. The highest BCUT2D eigenvalue weighted by atomic mass is 16.5. The maximum Gasteiger partial charge on any atom is 0.269 e. The third kappa shape index (κ3) is 3.23. The Morgan fingerprint density at radius 2 is 2.42 bits per heavy atom. The van der Waals surface area contributed by atoms with E-state index in [-0.39, 0.29) is 5.91 Å². The maximum absolute atomic E-state index is 11.5. The van der Waals surface area contributed by atoms with Crippen molar-refractivity contribution in [2.24, 2.45) is 5.92 Å². The minimum absolute atomic E-state index is 0.195. The van der Waals surface area contributed by atoms with Crippen LogP contribution in [-0.2, 0) is 6.54 Å². The van der Waals surface area contributed by atoms with Crippen LogP contribution in [0.4, 0.5) is 0 Å². The number of methoxy groups -OCH3 is 1. The van der Waals surface area contributed by atoms with Crippen LogP contribution in [0.25, 0.3) is 0 Å². The van der Waals surface area contributed by atoms with Crippen LogP contribution in [0.15, 0.2) is 12.3 Å². The van der Waals surface area contributed by atoms with Gasteiger partial charge in [-0.25, -0.2) is 0 Å². The predicted octanol–water partition coefficient (Wildman–Crippen LogP) is 1.29. The van der Waals surface area contributed by atoms with Crippen LogP contribution in [0, 0.1) is 5.92 Å². The summed E-state index contributed by atoms with van der Waals surface area (Å²) >= 11 is 0. The molecule has 5 nitrogen and oxygen atoms in total. The minimum atomic E-state index is -0.195. The molecule has 1 aromatic heterocycles. The van der Waals surface area contributed by atoms with Crippen LogP contribution < -0.4 is 10.1 Å². The number of pyridine rings is 1. The van der Waals surface area contributed by atoms with Crippen LogP contribution in [0.3, 0.4) is 0 Å². The first-order valence-electron chi connectivity index (χ1n) is 6.61. The van der Waals surface area contributed by atoms with Gasteiger partial charge in [-0.1, -0.05) is 6.92 Å². The summed E-state index contributed by atoms with van der Waals surface area (Å²) in [5.41, 5.74) is 1.42. The molecule has 0 radical (unpaired) electrons. The zero-order chi connectivity index (χ0) is 13.8. The lowest BCUT2D eigenvalue weighted by Crippen LogP contribution is -2.22. The molecule has 1 unspecified atom stereocenters. The van der Waals surface area contributed by atoms with Crippen molar-refractivity contribution < 1.29 is 9.53 Å². The van der Waals surface area contributed by atoms with E-state index in [1.54, 1.807) is 26.4 Å². The Labute approximate surface area is 114 Å². The number of carbonyl (C=O) groups excluding carboxylic acids is 1. The van der Waals surface area contributed by atoms with E-state index in [0.29, 0.717) is 5.69 Å². The van der Waals surface area contributed by atoms with E-state index in [4.69, 9.17) is 4.74 Å². The summed E-state index contributed by atoms with van der Waals surface area (Å²) < 4.78 is 5.37. The number of amides is 1. The molecule has 1 amide bonds. The fourth-order valence-electron chi connectivity index (χ4n) is 2.44. The molecule has 1 aliphatic heterocycles. The Balaban J connectivity index is 2.14. The van der Waals surface area contributed by atoms with Gasteiger partial charge in [-0.3, -0.25) is 14.7 Å². The van der Waals surface area contributed by atoms with Gasteiger partial charge in [-0.05, 0) is 18.9 Å². The van der Waals surface area contributed by atoms with Crippen molar-refractivity contribution in [3.8, 4) is 5.75 Å². The van der Waals surface area contributed by atoms with Gasteiger partial charge in [0.05, 0.1) is 7.11 Å². The lowest BCUT2D eigenvalue weighted by molar-refractivity contribution is 0.0957. The third-order valence-corrected chi connectivity index (χ3v) is 3.53. The second-order valence-corrected chi connectivity index (χ2v) is 5.09. The lowest BCUT2D eigenvalue weighted by Gasteiger charge is -2.17. The quantitative estimate of drug-likeness (QED) is 0.889. The van der Waals surface area contributed by atoms with Crippen LogP contribution >= 0.6 is 0 Å². The van der Waals surface area contributed by atoms with Crippen molar-refractivity contribution in [1.29, 1.82) is 0 Å². The van der Waals surface area contributed by atoms with E-state index < -0.39 is 0 Å². The number of ether oxygens (including phenoxy) is 1. The normalized spacial score (nSPS) is 19.4. The molecule has 104 valence electrons. The molecule has 1 fully saturated rings. The second-order valence-electron chi connectivity index (χ2n) is 5.09. The summed E-state index contributed by atoms with van der Waals surface area (Å²) in [7, 11) is 3.22. The van der Waals surface area contributed by atoms with Crippen LogP contribution in [-0.4, -0.2) is 43.0 Å². The molecule has 2 rings (SSSR count). The van der Waals surface area contributed by atoms with E-state index >= 15 is 0 Å². The number of hydrogen-bond acceptors (Lipinski definition) is 4. The summed E-state index contributed by atoms with van der Waals surface area (Å²) in [6.45, 7) is 5.32. The number of rotatable bonds is 4. The Morgan fingerprint density at radius 1 is 1.63 bits per heavy atom. The van der Waals surface area contributed by atoms with Gasteiger partial charge in [0.25, 0.3) is 5.91 Å². The average Bonchev–Trinajstić information content (AvgIpc) is 2.83. The van der Waals surface area contributed by atoms with Crippen molar-refractivity contribution in [3.63, 3.8) is 0 Å². The minimum Gasteiger partial charge on any atom is -0.496 e. The van der Waals surface area contributed by atoms with Crippen molar-refractivity contribution in [2.75, 3.05) is 27.2 Å². The van der Waals surface area contributed by atoms with E-state index in [1.807, 2.05) is 0 Å². The van der Waals surface area contributed by atoms with E-state index in [9.17, 15) is 4.79 Å². The lowest BCUT2D eigenvalue weighted by atomic mass is 10.2. The van der Waals surface area contributed by atoms with Gasteiger partial charge in [0.1, 0.15) is 11.4 Å². The fraction of sp³-hybridized carbons (Fsp3) is 0.571. The molecule has 19 heavy (non-hydrogen) atoms. The maximum atomic E-state index is 11.5. The van der Waals surface area contributed by atoms with E-state index in [0.717, 1.165) is 36.9 Å². The number of likely N-dealkylation sites (tertiary alicyclic amines) is 1. The predicted molar refractivity (Wildman–Crippen MR) is 73.2 cm³/mol. The molecule has 1 atom stereocenters. The highest BCUT2D eigenvalue weighted by Gasteiger charge is 2.20. The molecule has 0 aromatic carbocycles. The smallest absolute Gasteiger partial charge is 0.269 e. The molecule has 0 bridgehead atoms. The van der Waals surface area contributed by atoms with E-state index in [2.05, 4.69) is 22.1 Å². The highest BCUT2D eigenvalue weighted by molar-refractivity contribution is 5.92. The average molecular weight is 263 g/mol. The topological polar surface area (TPSA) is 54.5 Å². The zero-order valence-electron chi connectivity index (χ0n) is 11.8. The highest BCUT2D eigenvalue weighted by Crippen LogP contribution is 2.23. The van der Waals surface area contributed by atoms with Gasteiger partial charge in [-0.15, -0.1) is 0 Å². The summed E-state index contributed by atoms with van der Waals surface area (Å²) in [5.74, 6) is 1.29. The molecule has 1 N–H and O–H groups in total. The molecule has 0 aliphatic carbocycles. The molecule has 1 aromatic rings. The molecule has 2 heterocycles. The Bertz CT molecular complexity index is 462. The van der Waals surface area contributed by atoms with Gasteiger partial charge >= 0.3 is 0 Å². The summed E-state index contributed by atoms with van der Waals surface area (Å²) in [6.07, 6.45) is 2.98. The van der Waals surface area contributed by atoms with Gasteiger partial charge in [0.2, 0.25) is 0 Å². The van der Waals surface area contributed by atoms with Crippen LogP contribution in [0.2, 0.25) is 0 Å². The van der Waals surface area contributed by atoms with E-state index in [1.165, 1.54) is 6.42 Å². The Hall–Kier alpha value is -1.62. The van der Waals surface area contributed by atoms with Crippen LogP contribution in [0.5, 0.6) is 5.75 Å². The molecular formula is C14H21N3O2. The third-order valence-electron chi connectivity index (χ3n) is 3.53. The first-order valence-corrected chi connectivity index (χ1v) is 6.61. The number of nitrogens with zero attached hydrogens (tertiary/aromatic N) is 2. The summed E-state index contributed by atoms with van der Waals surface area (Å²) in [6, 6.07) is 1.70. The van der Waals surface area contributed by atoms with Gasteiger partial charge in [0, 0.05) is 38.0 Å². The molecule has 5 heteroatoms. The number of aromatic nitrogens is 1. The van der Waals surface area contributed by atoms with Crippen molar-refractivity contribution in [1.82, 2.24) is 15.2 Å². The summed E-state index contributed by atoms with van der Waals surface area (Å²) in [5, 5.41) is 2.56. The first-order chi connectivity index (χ1) is 9.13. The molecule has 1 aliphatic rings. The van der Waals surface area contributed by atoms with Gasteiger partial charge in [0.15, 0.2) is 0 Å². The zero-order valence-corrected chi connectivity index (χ0v) is 11.8. The largest absolute Gasteiger partial charge is 0.496 e. The van der Waals surface area contributed by atoms with Gasteiger partial charge < -0.3 is 10.1 Å². The molecule has 0 spiro atoms. The van der Waals surface area contributed by atoms with Gasteiger partial charge in [-0.2, -0.15) is 0 Å². The summed E-state index contributed by atoms with van der Waals surface area (Å²) in [4.78, 5) is 18.1. The second kappa shape index (κ2) is 6.02. The molecule has 0 saturated carbocycles. The number of carbonyl (C=O) groups is 1. The SMILES string of the molecule is CNC(=O)c1cc(OC)c(CN2CCC(C)C2)cn1. The number of nitrogens with one attached hydrogen (secondary N) is 1. The fourth-order valence-corrected chi connectivity index (χ4v) is 2.44. The van der Waals surface area contributed by atoms with Crippen LogP contribution in [0.1, 0.15) is 29.4 Å². The number of hydrogen-bond donors (Lipinski definition) is 1. The Kier molecular flexibility index (Phi) is 4.37. The molecule has 1 saturated heterocycles.